The van der Waals surface area contributed by atoms with Crippen molar-refractivity contribution >= 4 is 34.4 Å². The van der Waals surface area contributed by atoms with Crippen molar-refractivity contribution in [1.82, 2.24) is 5.32 Å². The molecule has 2 amide bonds. The minimum Gasteiger partial charge on any atom is -0.483 e. The Bertz CT molecular complexity index is 948. The van der Waals surface area contributed by atoms with Crippen LogP contribution in [-0.4, -0.2) is 35.9 Å². The van der Waals surface area contributed by atoms with Gasteiger partial charge in [0, 0.05) is 11.4 Å². The summed E-state index contributed by atoms with van der Waals surface area (Å²) in [5, 5.41) is 5.54. The predicted molar refractivity (Wildman–Crippen MR) is 104 cm³/mol. The molecule has 1 heterocycles. The van der Waals surface area contributed by atoms with E-state index < -0.39 is 30.2 Å². The Labute approximate surface area is 168 Å². The number of nitrogens with one attached hydrogen (secondary N) is 2. The summed E-state index contributed by atoms with van der Waals surface area (Å²) in [6, 6.07) is 10.6. The molecule has 1 aliphatic heterocycles. The molecule has 2 N–H and O–H groups in total. The third-order valence-electron chi connectivity index (χ3n) is 3.77. The minimum absolute atomic E-state index is 0.00396. The van der Waals surface area contributed by atoms with E-state index in [-0.39, 0.29) is 17.0 Å². The van der Waals surface area contributed by atoms with Crippen molar-refractivity contribution in [1.29, 1.82) is 0 Å². The van der Waals surface area contributed by atoms with Crippen molar-refractivity contribution in [2.75, 3.05) is 24.2 Å². The van der Waals surface area contributed by atoms with Gasteiger partial charge in [-0.05, 0) is 30.3 Å². The first-order valence-corrected chi connectivity index (χ1v) is 9.49. The first kappa shape index (κ1) is 20.7. The third kappa shape index (κ3) is 5.74. The molecular weight excluding hydrogens is 407 g/mol. The lowest BCUT2D eigenvalue weighted by Crippen LogP contribution is -2.28. The topological polar surface area (TPSA) is 79.8 Å². The van der Waals surface area contributed by atoms with Crippen LogP contribution in [0, 0.1) is 0 Å². The summed E-state index contributed by atoms with van der Waals surface area (Å²) < 4.78 is 43.7. The number of nitrogens with zero attached hydrogens (tertiary/aromatic N) is 1. The van der Waals surface area contributed by atoms with Gasteiger partial charge in [-0.15, -0.1) is 0 Å². The molecule has 2 aromatic carbocycles. The van der Waals surface area contributed by atoms with Gasteiger partial charge in [0.2, 0.25) is 0 Å². The predicted octanol–water partition coefficient (Wildman–Crippen LogP) is 3.56. The molecule has 10 heteroatoms. The minimum atomic E-state index is -4.51. The standard InChI is InChI=1S/C19H16F3N3O3S/c20-19(21,22)12-4-3-5-13(10-12)24-16(26)11-28-15-7-2-1-6-14(15)17(27)25-18-23-8-9-29-18/h1-7,10H,8-9,11H2,(H,24,26)(H,23,25,27). The van der Waals surface area contributed by atoms with E-state index in [2.05, 4.69) is 15.6 Å². The fraction of sp³-hybridized carbons (Fsp3) is 0.211. The molecule has 0 fully saturated rings. The largest absolute Gasteiger partial charge is 0.483 e. The second-order valence-electron chi connectivity index (χ2n) is 5.90. The number of hydrogen-bond donors (Lipinski definition) is 2. The van der Waals surface area contributed by atoms with E-state index in [0.29, 0.717) is 11.7 Å². The molecule has 6 nitrogen and oxygen atoms in total. The number of rotatable bonds is 5. The van der Waals surface area contributed by atoms with Crippen LogP contribution in [0.4, 0.5) is 18.9 Å². The molecule has 0 atom stereocenters. The van der Waals surface area contributed by atoms with Crippen LogP contribution < -0.4 is 15.4 Å². The number of amidine groups is 1. The van der Waals surface area contributed by atoms with Gasteiger partial charge in [0.15, 0.2) is 11.8 Å². The molecule has 0 spiro atoms. The van der Waals surface area contributed by atoms with Crippen LogP contribution >= 0.6 is 11.8 Å². The second-order valence-corrected chi connectivity index (χ2v) is 6.98. The number of para-hydroxylation sites is 1. The average molecular weight is 423 g/mol. The molecule has 3 rings (SSSR count). The maximum atomic E-state index is 12.8. The smallest absolute Gasteiger partial charge is 0.416 e. The van der Waals surface area contributed by atoms with Crippen molar-refractivity contribution in [2.24, 2.45) is 4.99 Å². The van der Waals surface area contributed by atoms with Crippen LogP contribution in [0.15, 0.2) is 53.5 Å². The molecule has 1 aliphatic rings. The van der Waals surface area contributed by atoms with E-state index in [4.69, 9.17) is 4.74 Å². The number of thioether (sulfide) groups is 1. The Morgan fingerprint density at radius 2 is 1.90 bits per heavy atom. The zero-order chi connectivity index (χ0) is 20.9. The molecule has 152 valence electrons. The SMILES string of the molecule is O=C(COc1ccccc1C(=O)NC1=NCCS1)Nc1cccc(C(F)(F)F)c1. The summed E-state index contributed by atoms with van der Waals surface area (Å²) in [5.74, 6) is -0.112. The van der Waals surface area contributed by atoms with Crippen LogP contribution in [0.2, 0.25) is 0 Å². The van der Waals surface area contributed by atoms with Crippen LogP contribution in [0.1, 0.15) is 15.9 Å². The van der Waals surface area contributed by atoms with Gasteiger partial charge in [-0.3, -0.25) is 14.6 Å². The van der Waals surface area contributed by atoms with E-state index in [1.165, 1.54) is 36.0 Å². The van der Waals surface area contributed by atoms with Crippen molar-refractivity contribution in [2.45, 2.75) is 6.18 Å². The van der Waals surface area contributed by atoms with Gasteiger partial charge >= 0.3 is 6.18 Å². The van der Waals surface area contributed by atoms with Gasteiger partial charge in [0.1, 0.15) is 5.75 Å². The first-order chi connectivity index (χ1) is 13.8. The highest BCUT2D eigenvalue weighted by Gasteiger charge is 2.30. The maximum Gasteiger partial charge on any atom is 0.416 e. The molecule has 0 saturated heterocycles. The number of hydrogen-bond acceptors (Lipinski definition) is 5. The van der Waals surface area contributed by atoms with Gasteiger partial charge in [-0.25, -0.2) is 0 Å². The fourth-order valence-corrected chi connectivity index (χ4v) is 3.19. The summed E-state index contributed by atoms with van der Waals surface area (Å²) in [7, 11) is 0. The Balaban J connectivity index is 1.61. The highest BCUT2D eigenvalue weighted by atomic mass is 32.2. The lowest BCUT2D eigenvalue weighted by molar-refractivity contribution is -0.137. The third-order valence-corrected chi connectivity index (χ3v) is 4.66. The molecule has 0 saturated carbocycles. The Morgan fingerprint density at radius 3 is 2.62 bits per heavy atom. The number of aliphatic imine (C=N–C) groups is 1. The molecule has 0 aromatic heterocycles. The summed E-state index contributed by atoms with van der Waals surface area (Å²) in [6.45, 7) is 0.157. The normalized spacial score (nSPS) is 13.6. The maximum absolute atomic E-state index is 12.8. The van der Waals surface area contributed by atoms with E-state index in [1.54, 1.807) is 12.1 Å². The molecule has 29 heavy (non-hydrogen) atoms. The molecule has 0 aliphatic carbocycles. The monoisotopic (exact) mass is 423 g/mol. The van der Waals surface area contributed by atoms with E-state index in [0.717, 1.165) is 17.9 Å². The van der Waals surface area contributed by atoms with Gasteiger partial charge in [-0.1, -0.05) is 30.0 Å². The number of halogens is 3. The second kappa shape index (κ2) is 8.99. The molecule has 0 bridgehead atoms. The van der Waals surface area contributed by atoms with E-state index in [9.17, 15) is 22.8 Å². The van der Waals surface area contributed by atoms with Crippen molar-refractivity contribution < 1.29 is 27.5 Å². The summed E-state index contributed by atoms with van der Waals surface area (Å²) in [5.41, 5.74) is -0.656. The Morgan fingerprint density at radius 1 is 1.10 bits per heavy atom. The van der Waals surface area contributed by atoms with E-state index >= 15 is 0 Å². The first-order valence-electron chi connectivity index (χ1n) is 8.50. The van der Waals surface area contributed by atoms with Gasteiger partial charge < -0.3 is 15.4 Å². The van der Waals surface area contributed by atoms with Crippen LogP contribution in [0.5, 0.6) is 5.75 Å². The number of carbonyl (C=O) groups is 2. The zero-order valence-corrected chi connectivity index (χ0v) is 15.8. The highest BCUT2D eigenvalue weighted by molar-refractivity contribution is 8.14. The highest BCUT2D eigenvalue weighted by Crippen LogP contribution is 2.30. The van der Waals surface area contributed by atoms with Gasteiger partial charge in [0.05, 0.1) is 17.7 Å². The van der Waals surface area contributed by atoms with Crippen LogP contribution in [0.25, 0.3) is 0 Å². The lowest BCUT2D eigenvalue weighted by atomic mass is 10.2. The fourth-order valence-electron chi connectivity index (χ4n) is 2.47. The van der Waals surface area contributed by atoms with Crippen molar-refractivity contribution in [3.8, 4) is 5.75 Å². The summed E-state index contributed by atoms with van der Waals surface area (Å²) in [6.07, 6.45) is -4.51. The number of ether oxygens (including phenoxy) is 1. The Hall–Kier alpha value is -3.01. The quantitative estimate of drug-likeness (QED) is 0.771. The summed E-state index contributed by atoms with van der Waals surface area (Å²) >= 11 is 1.43. The number of amides is 2. The van der Waals surface area contributed by atoms with Crippen LogP contribution in [0.3, 0.4) is 0 Å². The number of benzene rings is 2. The van der Waals surface area contributed by atoms with Crippen LogP contribution in [-0.2, 0) is 11.0 Å². The number of anilines is 1. The number of alkyl halides is 3. The molecule has 0 unspecified atom stereocenters. The van der Waals surface area contributed by atoms with Gasteiger partial charge in [-0.2, -0.15) is 13.2 Å². The van der Waals surface area contributed by atoms with E-state index in [1.807, 2.05) is 0 Å². The lowest BCUT2D eigenvalue weighted by Gasteiger charge is -2.12. The number of carbonyl (C=O) groups excluding carboxylic acids is 2. The van der Waals surface area contributed by atoms with Gasteiger partial charge in [0.25, 0.3) is 11.8 Å². The molecule has 2 aromatic rings. The molecule has 0 radical (unpaired) electrons. The van der Waals surface area contributed by atoms with Crippen molar-refractivity contribution in [3.63, 3.8) is 0 Å². The average Bonchev–Trinajstić information content (AvgIpc) is 3.19. The molecular formula is C19H16F3N3O3S. The Kier molecular flexibility index (Phi) is 6.42. The van der Waals surface area contributed by atoms with Crippen molar-refractivity contribution in [3.05, 3.63) is 59.7 Å². The summed E-state index contributed by atoms with van der Waals surface area (Å²) in [4.78, 5) is 28.6. The zero-order valence-electron chi connectivity index (χ0n) is 15.0.